The predicted molar refractivity (Wildman–Crippen MR) is 133 cm³/mol. The van der Waals surface area contributed by atoms with Gasteiger partial charge in [-0.2, -0.15) is 5.26 Å². The molecule has 164 valence electrons. The molecule has 5 heteroatoms. The standard InChI is InChI=1S/C28H26N4O/c29-17-26-27(24-14-8-3-9-15-24)19-32(18-23-12-6-2-7-13-23)28(26)31-21-30-25(20-33)16-22-10-4-1-5-11-22/h1-15,19,21,25,33H,16,18,20H2,(H,30,31)/t25-/m0/s1. The van der Waals surface area contributed by atoms with E-state index in [1.165, 1.54) is 0 Å². The number of benzene rings is 3. The van der Waals surface area contributed by atoms with Crippen molar-refractivity contribution in [3.63, 3.8) is 0 Å². The number of rotatable bonds is 9. The largest absolute Gasteiger partial charge is 0.394 e. The van der Waals surface area contributed by atoms with Crippen molar-refractivity contribution in [2.75, 3.05) is 11.9 Å². The second-order valence-corrected chi connectivity index (χ2v) is 7.81. The lowest BCUT2D eigenvalue weighted by Crippen LogP contribution is -2.16. The SMILES string of the molecule is N#Cc1c(-c2ccccc2)cn(Cc2ccccc2)c1NC=N[C@H](CO)Cc1ccccc1. The minimum Gasteiger partial charge on any atom is -0.394 e. The molecule has 0 saturated heterocycles. The molecule has 0 fully saturated rings. The molecule has 4 rings (SSSR count). The molecule has 1 heterocycles. The van der Waals surface area contributed by atoms with Crippen LogP contribution in [0.25, 0.3) is 11.1 Å². The van der Waals surface area contributed by atoms with Gasteiger partial charge in [0.05, 0.1) is 19.0 Å². The van der Waals surface area contributed by atoms with Gasteiger partial charge in [0.1, 0.15) is 17.5 Å². The number of anilines is 1. The molecule has 0 radical (unpaired) electrons. The summed E-state index contributed by atoms with van der Waals surface area (Å²) in [6.45, 7) is 0.560. The molecule has 0 spiro atoms. The Morgan fingerprint density at radius 3 is 2.12 bits per heavy atom. The van der Waals surface area contributed by atoms with Crippen LogP contribution in [0.5, 0.6) is 0 Å². The van der Waals surface area contributed by atoms with Gasteiger partial charge in [0.25, 0.3) is 0 Å². The fraction of sp³-hybridized carbons (Fsp3) is 0.143. The quantitative estimate of drug-likeness (QED) is 0.284. The first-order valence-electron chi connectivity index (χ1n) is 10.9. The summed E-state index contributed by atoms with van der Waals surface area (Å²) in [4.78, 5) is 4.53. The van der Waals surface area contributed by atoms with Crippen LogP contribution in [-0.4, -0.2) is 28.7 Å². The molecule has 0 amide bonds. The first-order chi connectivity index (χ1) is 16.3. The Morgan fingerprint density at radius 2 is 1.52 bits per heavy atom. The van der Waals surface area contributed by atoms with Crippen LogP contribution in [0.3, 0.4) is 0 Å². The molecule has 0 bridgehead atoms. The maximum Gasteiger partial charge on any atom is 0.130 e. The number of aliphatic hydroxyl groups excluding tert-OH is 1. The molecule has 1 aromatic heterocycles. The van der Waals surface area contributed by atoms with Crippen LogP contribution < -0.4 is 5.32 Å². The molecule has 2 N–H and O–H groups in total. The van der Waals surface area contributed by atoms with Crippen LogP contribution in [0.1, 0.15) is 16.7 Å². The Labute approximate surface area is 194 Å². The Hall–Kier alpha value is -4.14. The minimum atomic E-state index is -0.267. The zero-order valence-corrected chi connectivity index (χ0v) is 18.3. The van der Waals surface area contributed by atoms with Crippen LogP contribution in [0, 0.1) is 11.3 Å². The third kappa shape index (κ3) is 5.57. The highest BCUT2D eigenvalue weighted by atomic mass is 16.3. The summed E-state index contributed by atoms with van der Waals surface area (Å²) < 4.78 is 2.04. The van der Waals surface area contributed by atoms with Crippen molar-refractivity contribution in [1.29, 1.82) is 5.26 Å². The summed E-state index contributed by atoms with van der Waals surface area (Å²) in [7, 11) is 0. The molecular weight excluding hydrogens is 408 g/mol. The van der Waals surface area contributed by atoms with Gasteiger partial charge in [-0.15, -0.1) is 0 Å². The van der Waals surface area contributed by atoms with Crippen molar-refractivity contribution < 1.29 is 5.11 Å². The van der Waals surface area contributed by atoms with Crippen molar-refractivity contribution in [3.05, 3.63) is 114 Å². The Bertz CT molecular complexity index is 1230. The molecular formula is C28H26N4O. The van der Waals surface area contributed by atoms with Crippen molar-refractivity contribution in [2.24, 2.45) is 4.99 Å². The second kappa shape index (κ2) is 10.9. The van der Waals surface area contributed by atoms with Crippen LogP contribution >= 0.6 is 0 Å². The van der Waals surface area contributed by atoms with E-state index in [9.17, 15) is 10.4 Å². The van der Waals surface area contributed by atoms with Gasteiger partial charge < -0.3 is 15.0 Å². The average Bonchev–Trinajstić information content (AvgIpc) is 3.22. The van der Waals surface area contributed by atoms with Crippen molar-refractivity contribution >= 4 is 12.2 Å². The predicted octanol–water partition coefficient (Wildman–Crippen LogP) is 5.12. The fourth-order valence-electron chi connectivity index (χ4n) is 3.82. The lowest BCUT2D eigenvalue weighted by Gasteiger charge is -2.11. The topological polar surface area (TPSA) is 73.3 Å². The number of nitriles is 1. The molecule has 0 aliphatic carbocycles. The van der Waals surface area contributed by atoms with E-state index in [1.807, 2.05) is 89.6 Å². The smallest absolute Gasteiger partial charge is 0.130 e. The Morgan fingerprint density at radius 1 is 0.909 bits per heavy atom. The summed E-state index contributed by atoms with van der Waals surface area (Å²) in [5, 5.41) is 23.0. The second-order valence-electron chi connectivity index (χ2n) is 7.81. The first-order valence-corrected chi connectivity index (χ1v) is 10.9. The summed E-state index contributed by atoms with van der Waals surface area (Å²) in [6.07, 6.45) is 4.24. The van der Waals surface area contributed by atoms with Crippen LogP contribution in [0.2, 0.25) is 0 Å². The number of aliphatic imine (C=N–C) groups is 1. The highest BCUT2D eigenvalue weighted by Gasteiger charge is 2.17. The number of hydrogen-bond acceptors (Lipinski definition) is 3. The third-order valence-electron chi connectivity index (χ3n) is 5.48. The highest BCUT2D eigenvalue weighted by molar-refractivity contribution is 5.84. The van der Waals surface area contributed by atoms with Gasteiger partial charge in [-0.1, -0.05) is 91.0 Å². The summed E-state index contributed by atoms with van der Waals surface area (Å²) in [5.74, 6) is 0.681. The maximum atomic E-state index is 10.0. The zero-order valence-electron chi connectivity index (χ0n) is 18.3. The average molecular weight is 435 g/mol. The van der Waals surface area contributed by atoms with Crippen molar-refractivity contribution in [2.45, 2.75) is 19.0 Å². The molecule has 0 saturated carbocycles. The van der Waals surface area contributed by atoms with Gasteiger partial charge in [0.15, 0.2) is 0 Å². The summed E-state index contributed by atoms with van der Waals surface area (Å²) in [6, 6.07) is 32.1. The van der Waals surface area contributed by atoms with Gasteiger partial charge in [-0.3, -0.25) is 4.99 Å². The number of nitrogens with one attached hydrogen (secondary N) is 1. The van der Waals surface area contributed by atoms with Gasteiger partial charge in [0, 0.05) is 18.3 Å². The van der Waals surface area contributed by atoms with Gasteiger partial charge in [0.2, 0.25) is 0 Å². The number of hydrogen-bond donors (Lipinski definition) is 2. The number of nitrogens with zero attached hydrogens (tertiary/aromatic N) is 3. The molecule has 33 heavy (non-hydrogen) atoms. The van der Waals surface area contributed by atoms with E-state index in [-0.39, 0.29) is 12.6 Å². The van der Waals surface area contributed by atoms with Crippen LogP contribution in [0.15, 0.2) is 102 Å². The summed E-state index contributed by atoms with van der Waals surface area (Å²) >= 11 is 0. The molecule has 4 aromatic rings. The van der Waals surface area contributed by atoms with E-state index in [0.29, 0.717) is 24.3 Å². The zero-order chi connectivity index (χ0) is 22.9. The van der Waals surface area contributed by atoms with E-state index < -0.39 is 0 Å². The molecule has 0 aliphatic heterocycles. The molecule has 0 aliphatic rings. The van der Waals surface area contributed by atoms with E-state index in [2.05, 4.69) is 28.5 Å². The maximum absolute atomic E-state index is 10.0. The minimum absolute atomic E-state index is 0.0571. The van der Waals surface area contributed by atoms with Gasteiger partial charge in [-0.25, -0.2) is 0 Å². The normalized spacial score (nSPS) is 11.9. The Kier molecular flexibility index (Phi) is 7.32. The first kappa shape index (κ1) is 22.1. The number of aromatic nitrogens is 1. The van der Waals surface area contributed by atoms with Crippen LogP contribution in [-0.2, 0) is 13.0 Å². The molecule has 1 atom stereocenters. The van der Waals surface area contributed by atoms with E-state index in [4.69, 9.17) is 0 Å². The monoisotopic (exact) mass is 434 g/mol. The van der Waals surface area contributed by atoms with Gasteiger partial charge in [-0.05, 0) is 23.1 Å². The van der Waals surface area contributed by atoms with Crippen molar-refractivity contribution in [3.8, 4) is 17.2 Å². The van der Waals surface area contributed by atoms with Gasteiger partial charge >= 0.3 is 0 Å². The molecule has 3 aromatic carbocycles. The summed E-state index contributed by atoms with van der Waals surface area (Å²) in [5.41, 5.74) is 4.66. The molecule has 5 nitrogen and oxygen atoms in total. The fourth-order valence-corrected chi connectivity index (χ4v) is 3.82. The lowest BCUT2D eigenvalue weighted by atomic mass is 10.1. The van der Waals surface area contributed by atoms with E-state index in [0.717, 1.165) is 22.3 Å². The van der Waals surface area contributed by atoms with Crippen molar-refractivity contribution in [1.82, 2.24) is 4.57 Å². The van der Waals surface area contributed by atoms with E-state index >= 15 is 0 Å². The lowest BCUT2D eigenvalue weighted by molar-refractivity contribution is 0.266. The Balaban J connectivity index is 1.63. The van der Waals surface area contributed by atoms with Crippen LogP contribution in [0.4, 0.5) is 5.82 Å². The third-order valence-corrected chi connectivity index (χ3v) is 5.48. The molecule has 0 unspecified atom stereocenters. The number of aliphatic hydroxyl groups is 1. The highest BCUT2D eigenvalue weighted by Crippen LogP contribution is 2.31. The van der Waals surface area contributed by atoms with E-state index in [1.54, 1.807) is 6.34 Å².